The van der Waals surface area contributed by atoms with Crippen molar-refractivity contribution in [3.05, 3.63) is 24.4 Å². The third-order valence-electron chi connectivity index (χ3n) is 2.08. The van der Waals surface area contributed by atoms with Gasteiger partial charge < -0.3 is 10.6 Å². The highest BCUT2D eigenvalue weighted by molar-refractivity contribution is 5.34. The minimum atomic E-state index is 0.555. The van der Waals surface area contributed by atoms with Crippen molar-refractivity contribution < 1.29 is 0 Å². The van der Waals surface area contributed by atoms with Crippen molar-refractivity contribution in [3.8, 4) is 0 Å². The molecule has 1 atom stereocenters. The first kappa shape index (κ1) is 7.55. The van der Waals surface area contributed by atoms with Gasteiger partial charge in [0.1, 0.15) is 5.82 Å². The summed E-state index contributed by atoms with van der Waals surface area (Å²) in [6.45, 7) is 2.17. The monoisotopic (exact) mass is 163 g/mol. The van der Waals surface area contributed by atoms with Crippen molar-refractivity contribution >= 4 is 5.82 Å². The summed E-state index contributed by atoms with van der Waals surface area (Å²) in [4.78, 5) is 4.20. The Morgan fingerprint density at radius 1 is 1.50 bits per heavy atom. The molecule has 64 valence electrons. The molecule has 3 heteroatoms. The van der Waals surface area contributed by atoms with E-state index in [4.69, 9.17) is 0 Å². The van der Waals surface area contributed by atoms with E-state index in [1.165, 1.54) is 6.42 Å². The molecule has 0 unspecified atom stereocenters. The van der Waals surface area contributed by atoms with Gasteiger partial charge in [-0.1, -0.05) is 6.07 Å². The predicted molar refractivity (Wildman–Crippen MR) is 49.1 cm³/mol. The summed E-state index contributed by atoms with van der Waals surface area (Å²) in [5, 5.41) is 6.67. The second-order valence-corrected chi connectivity index (χ2v) is 3.05. The molecule has 0 aromatic carbocycles. The topological polar surface area (TPSA) is 37.0 Å². The number of nitrogens with one attached hydrogen (secondary N) is 2. The van der Waals surface area contributed by atoms with Gasteiger partial charge in [0.2, 0.25) is 0 Å². The van der Waals surface area contributed by atoms with E-state index in [0.717, 1.165) is 18.9 Å². The van der Waals surface area contributed by atoms with Gasteiger partial charge in [-0.25, -0.2) is 4.98 Å². The molecule has 1 aliphatic rings. The van der Waals surface area contributed by atoms with Gasteiger partial charge in [0, 0.05) is 18.8 Å². The van der Waals surface area contributed by atoms with Crippen LogP contribution in [0.2, 0.25) is 0 Å². The van der Waals surface area contributed by atoms with Crippen LogP contribution in [0.1, 0.15) is 6.42 Å². The van der Waals surface area contributed by atoms with Crippen molar-refractivity contribution in [1.29, 1.82) is 0 Å². The molecule has 0 saturated carbocycles. The van der Waals surface area contributed by atoms with Gasteiger partial charge in [-0.05, 0) is 25.1 Å². The first-order valence-electron chi connectivity index (χ1n) is 4.33. The van der Waals surface area contributed by atoms with Gasteiger partial charge in [-0.15, -0.1) is 0 Å². The maximum Gasteiger partial charge on any atom is 0.126 e. The molecule has 12 heavy (non-hydrogen) atoms. The van der Waals surface area contributed by atoms with Crippen LogP contribution >= 0.6 is 0 Å². The molecule has 2 N–H and O–H groups in total. The molecular weight excluding hydrogens is 150 g/mol. The largest absolute Gasteiger partial charge is 0.366 e. The van der Waals surface area contributed by atoms with E-state index in [9.17, 15) is 0 Å². The fourth-order valence-corrected chi connectivity index (χ4v) is 1.44. The molecular formula is C9H13N3. The number of aromatic nitrogens is 1. The Balaban J connectivity index is 1.94. The Bertz CT molecular complexity index is 229. The smallest absolute Gasteiger partial charge is 0.126 e. The third kappa shape index (κ3) is 1.74. The summed E-state index contributed by atoms with van der Waals surface area (Å²) in [5.74, 6) is 0.978. The molecule has 0 radical (unpaired) electrons. The zero-order valence-electron chi connectivity index (χ0n) is 6.96. The lowest BCUT2D eigenvalue weighted by Gasteiger charge is -2.10. The summed E-state index contributed by atoms with van der Waals surface area (Å²) < 4.78 is 0. The van der Waals surface area contributed by atoms with Crippen molar-refractivity contribution in [2.75, 3.05) is 18.4 Å². The van der Waals surface area contributed by atoms with Gasteiger partial charge >= 0.3 is 0 Å². The zero-order valence-corrected chi connectivity index (χ0v) is 6.96. The average Bonchev–Trinajstić information content (AvgIpc) is 2.59. The fraction of sp³-hybridized carbons (Fsp3) is 0.444. The Labute approximate surface area is 72.2 Å². The Kier molecular flexibility index (Phi) is 2.23. The summed E-state index contributed by atoms with van der Waals surface area (Å²) in [6, 6.07) is 6.48. The van der Waals surface area contributed by atoms with E-state index in [-0.39, 0.29) is 0 Å². The van der Waals surface area contributed by atoms with Crippen LogP contribution in [0, 0.1) is 0 Å². The van der Waals surface area contributed by atoms with Gasteiger partial charge in [0.05, 0.1) is 0 Å². The van der Waals surface area contributed by atoms with Crippen LogP contribution in [0.25, 0.3) is 0 Å². The first-order chi connectivity index (χ1) is 5.95. The van der Waals surface area contributed by atoms with Gasteiger partial charge in [-0.3, -0.25) is 0 Å². The molecule has 2 heterocycles. The molecule has 1 saturated heterocycles. The lowest BCUT2D eigenvalue weighted by molar-refractivity contribution is 0.788. The van der Waals surface area contributed by atoms with E-state index in [2.05, 4.69) is 15.6 Å². The minimum Gasteiger partial charge on any atom is -0.366 e. The van der Waals surface area contributed by atoms with Gasteiger partial charge in [-0.2, -0.15) is 0 Å². The average molecular weight is 163 g/mol. The lowest BCUT2D eigenvalue weighted by atomic mass is 10.2. The van der Waals surface area contributed by atoms with Crippen molar-refractivity contribution in [2.24, 2.45) is 0 Å². The maximum absolute atomic E-state index is 4.20. The van der Waals surface area contributed by atoms with E-state index in [1.807, 2.05) is 24.4 Å². The number of hydrogen-bond donors (Lipinski definition) is 2. The molecule has 0 spiro atoms. The number of pyridine rings is 1. The van der Waals surface area contributed by atoms with Crippen LogP contribution in [0.15, 0.2) is 24.4 Å². The van der Waals surface area contributed by atoms with Crippen LogP contribution in [-0.4, -0.2) is 24.1 Å². The SMILES string of the molecule is c1ccc(N[C@H]2CCNC2)nc1. The molecule has 0 bridgehead atoms. The second-order valence-electron chi connectivity index (χ2n) is 3.05. The van der Waals surface area contributed by atoms with E-state index < -0.39 is 0 Å². The summed E-state index contributed by atoms with van der Waals surface area (Å²) in [5.41, 5.74) is 0. The Hall–Kier alpha value is -1.09. The van der Waals surface area contributed by atoms with Crippen LogP contribution in [0.3, 0.4) is 0 Å². The standard InChI is InChI=1S/C9H13N3/c1-2-5-11-9(3-1)12-8-4-6-10-7-8/h1-3,5,8,10H,4,6-7H2,(H,11,12)/t8-/m0/s1. The van der Waals surface area contributed by atoms with Crippen molar-refractivity contribution in [1.82, 2.24) is 10.3 Å². The molecule has 1 fully saturated rings. The second kappa shape index (κ2) is 3.54. The molecule has 2 rings (SSSR count). The highest BCUT2D eigenvalue weighted by Gasteiger charge is 2.13. The van der Waals surface area contributed by atoms with Crippen LogP contribution in [-0.2, 0) is 0 Å². The highest BCUT2D eigenvalue weighted by Crippen LogP contribution is 2.06. The summed E-state index contributed by atoms with van der Waals surface area (Å²) in [7, 11) is 0. The Morgan fingerprint density at radius 2 is 2.50 bits per heavy atom. The van der Waals surface area contributed by atoms with E-state index in [1.54, 1.807) is 0 Å². The first-order valence-corrected chi connectivity index (χ1v) is 4.33. The number of anilines is 1. The van der Waals surface area contributed by atoms with E-state index >= 15 is 0 Å². The molecule has 1 aromatic heterocycles. The lowest BCUT2D eigenvalue weighted by Crippen LogP contribution is -2.22. The maximum atomic E-state index is 4.20. The Morgan fingerprint density at radius 3 is 3.17 bits per heavy atom. The van der Waals surface area contributed by atoms with Gasteiger partial charge in [0.25, 0.3) is 0 Å². The van der Waals surface area contributed by atoms with Crippen LogP contribution in [0.4, 0.5) is 5.82 Å². The van der Waals surface area contributed by atoms with Gasteiger partial charge in [0.15, 0.2) is 0 Å². The van der Waals surface area contributed by atoms with Crippen LogP contribution < -0.4 is 10.6 Å². The molecule has 1 aliphatic heterocycles. The minimum absolute atomic E-state index is 0.555. The quantitative estimate of drug-likeness (QED) is 0.679. The normalized spacial score (nSPS) is 22.5. The van der Waals surface area contributed by atoms with E-state index in [0.29, 0.717) is 6.04 Å². The zero-order chi connectivity index (χ0) is 8.23. The summed E-state index contributed by atoms with van der Waals surface area (Å²) >= 11 is 0. The highest BCUT2D eigenvalue weighted by atomic mass is 15.1. The predicted octanol–water partition coefficient (Wildman–Crippen LogP) is 0.855. The summed E-state index contributed by atoms with van der Waals surface area (Å²) in [6.07, 6.45) is 3.00. The number of hydrogen-bond acceptors (Lipinski definition) is 3. The fourth-order valence-electron chi connectivity index (χ4n) is 1.44. The molecule has 0 amide bonds. The van der Waals surface area contributed by atoms with Crippen molar-refractivity contribution in [2.45, 2.75) is 12.5 Å². The molecule has 0 aliphatic carbocycles. The number of nitrogens with zero attached hydrogens (tertiary/aromatic N) is 1. The molecule has 1 aromatic rings. The third-order valence-corrected chi connectivity index (χ3v) is 2.08. The number of rotatable bonds is 2. The van der Waals surface area contributed by atoms with Crippen LogP contribution in [0.5, 0.6) is 0 Å². The van der Waals surface area contributed by atoms with Crippen molar-refractivity contribution in [3.63, 3.8) is 0 Å². The molecule has 3 nitrogen and oxygen atoms in total.